The average molecular weight is 320 g/mol. The van der Waals surface area contributed by atoms with Crippen LogP contribution in [0.1, 0.15) is 38.3 Å². The second-order valence-electron chi connectivity index (χ2n) is 4.63. The summed E-state index contributed by atoms with van der Waals surface area (Å²) < 4.78 is 48.4. The molecule has 1 rings (SSSR count). The third-order valence-corrected chi connectivity index (χ3v) is 5.30. The van der Waals surface area contributed by atoms with Crippen LogP contribution < -0.4 is 9.86 Å². The van der Waals surface area contributed by atoms with E-state index in [1.54, 1.807) is 19.1 Å². The van der Waals surface area contributed by atoms with Crippen molar-refractivity contribution >= 4 is 20.0 Å². The topological polar surface area (TPSA) is 106 Å². The third-order valence-electron chi connectivity index (χ3n) is 2.83. The molecule has 0 aliphatic carbocycles. The molecule has 1 aromatic carbocycles. The summed E-state index contributed by atoms with van der Waals surface area (Å²) in [6, 6.07) is 5.40. The molecule has 0 aliphatic rings. The molecule has 0 bridgehead atoms. The highest BCUT2D eigenvalue weighted by atomic mass is 32.2. The fourth-order valence-corrected chi connectivity index (χ4v) is 3.65. The first-order valence-corrected chi connectivity index (χ1v) is 9.48. The molecule has 8 heteroatoms. The predicted molar refractivity (Wildman–Crippen MR) is 78.1 cm³/mol. The van der Waals surface area contributed by atoms with Gasteiger partial charge in [0.2, 0.25) is 20.0 Å². The minimum atomic E-state index is -3.73. The molecular formula is C12H20N2O4S2. The van der Waals surface area contributed by atoms with Gasteiger partial charge in [-0.1, -0.05) is 25.5 Å². The van der Waals surface area contributed by atoms with Crippen LogP contribution in [0.25, 0.3) is 0 Å². The molecule has 0 heterocycles. The van der Waals surface area contributed by atoms with E-state index in [9.17, 15) is 16.8 Å². The maximum atomic E-state index is 11.8. The van der Waals surface area contributed by atoms with Gasteiger partial charge in [0, 0.05) is 6.04 Å². The number of hydrogen-bond acceptors (Lipinski definition) is 4. The van der Waals surface area contributed by atoms with Crippen molar-refractivity contribution in [1.29, 1.82) is 0 Å². The van der Waals surface area contributed by atoms with Crippen molar-refractivity contribution in [3.63, 3.8) is 0 Å². The summed E-state index contributed by atoms with van der Waals surface area (Å²) in [4.78, 5) is 0.00212. The van der Waals surface area contributed by atoms with Crippen LogP contribution in [0.15, 0.2) is 29.2 Å². The first-order valence-electron chi connectivity index (χ1n) is 6.28. The third kappa shape index (κ3) is 5.20. The van der Waals surface area contributed by atoms with Crippen molar-refractivity contribution in [3.05, 3.63) is 29.8 Å². The highest BCUT2D eigenvalue weighted by Gasteiger charge is 2.16. The van der Waals surface area contributed by atoms with Gasteiger partial charge in [0.1, 0.15) is 0 Å². The molecule has 1 unspecified atom stereocenters. The van der Waals surface area contributed by atoms with E-state index in [1.807, 2.05) is 6.92 Å². The molecular weight excluding hydrogens is 300 g/mol. The number of nitrogens with two attached hydrogens (primary N) is 1. The minimum Gasteiger partial charge on any atom is -0.225 e. The summed E-state index contributed by atoms with van der Waals surface area (Å²) in [5.74, 6) is 0.0864. The number of sulfonamides is 2. The number of hydrogen-bond donors (Lipinski definition) is 2. The maximum Gasteiger partial charge on any atom is 0.238 e. The number of rotatable bonds is 7. The Balaban J connectivity index is 2.81. The average Bonchev–Trinajstić information content (AvgIpc) is 2.35. The molecule has 6 nitrogen and oxygen atoms in total. The van der Waals surface area contributed by atoms with Gasteiger partial charge < -0.3 is 0 Å². The van der Waals surface area contributed by atoms with Gasteiger partial charge in [0.15, 0.2) is 0 Å². The Morgan fingerprint density at radius 1 is 1.15 bits per heavy atom. The van der Waals surface area contributed by atoms with Crippen LogP contribution in [0, 0.1) is 0 Å². The van der Waals surface area contributed by atoms with Gasteiger partial charge in [0.05, 0.1) is 10.6 Å². The normalized spacial score (nSPS) is 14.2. The van der Waals surface area contributed by atoms with Crippen molar-refractivity contribution in [2.24, 2.45) is 5.14 Å². The zero-order chi connectivity index (χ0) is 15.4. The second-order valence-corrected chi connectivity index (χ2v) is 8.06. The molecule has 1 aromatic rings. The molecule has 0 aliphatic heterocycles. The van der Waals surface area contributed by atoms with Gasteiger partial charge in [-0.15, -0.1) is 0 Å². The summed E-state index contributed by atoms with van der Waals surface area (Å²) in [5, 5.41) is 5.00. The molecule has 0 fully saturated rings. The quantitative estimate of drug-likeness (QED) is 0.785. The maximum absolute atomic E-state index is 11.8. The largest absolute Gasteiger partial charge is 0.238 e. The molecule has 0 spiro atoms. The van der Waals surface area contributed by atoms with Crippen molar-refractivity contribution in [3.8, 4) is 0 Å². The Morgan fingerprint density at radius 3 is 2.15 bits per heavy atom. The molecule has 0 radical (unpaired) electrons. The lowest BCUT2D eigenvalue weighted by molar-refractivity contribution is 0.563. The monoisotopic (exact) mass is 320 g/mol. The van der Waals surface area contributed by atoms with E-state index in [1.165, 1.54) is 12.1 Å². The smallest absolute Gasteiger partial charge is 0.225 e. The summed E-state index contributed by atoms with van der Waals surface area (Å²) in [7, 11) is -7.05. The van der Waals surface area contributed by atoms with E-state index in [0.717, 1.165) is 6.42 Å². The molecule has 1 atom stereocenters. The Bertz CT molecular complexity index is 637. The summed E-state index contributed by atoms with van der Waals surface area (Å²) in [6.07, 6.45) is 1.41. The zero-order valence-corrected chi connectivity index (χ0v) is 13.2. The van der Waals surface area contributed by atoms with Gasteiger partial charge >= 0.3 is 0 Å². The van der Waals surface area contributed by atoms with Gasteiger partial charge in [-0.05, 0) is 31.0 Å². The van der Waals surface area contributed by atoms with E-state index in [0.29, 0.717) is 12.0 Å². The number of nitrogens with one attached hydrogen (secondary N) is 1. The van der Waals surface area contributed by atoms with Crippen LogP contribution in [0.2, 0.25) is 0 Å². The minimum absolute atomic E-state index is 0.00212. The molecule has 3 N–H and O–H groups in total. The van der Waals surface area contributed by atoms with Gasteiger partial charge in [0.25, 0.3) is 0 Å². The predicted octanol–water partition coefficient (Wildman–Crippen LogP) is 1.11. The Labute approximate surface area is 120 Å². The van der Waals surface area contributed by atoms with Crippen LogP contribution in [0.4, 0.5) is 0 Å². The SMILES string of the molecule is CCCCS(=O)(=O)NC(C)c1ccc(S(N)(=O)=O)cc1. The Hall–Kier alpha value is -0.960. The Kier molecular flexibility index (Phi) is 5.69. The lowest BCUT2D eigenvalue weighted by atomic mass is 10.1. The fraction of sp³-hybridized carbons (Fsp3) is 0.500. The van der Waals surface area contributed by atoms with E-state index in [-0.39, 0.29) is 10.6 Å². The number of benzene rings is 1. The van der Waals surface area contributed by atoms with E-state index in [4.69, 9.17) is 5.14 Å². The van der Waals surface area contributed by atoms with E-state index in [2.05, 4.69) is 4.72 Å². The van der Waals surface area contributed by atoms with Crippen LogP contribution in [0.5, 0.6) is 0 Å². The van der Waals surface area contributed by atoms with Crippen molar-refractivity contribution in [2.45, 2.75) is 37.6 Å². The summed E-state index contributed by atoms with van der Waals surface area (Å²) in [5.41, 5.74) is 0.678. The van der Waals surface area contributed by atoms with Crippen molar-refractivity contribution in [1.82, 2.24) is 4.72 Å². The number of primary sulfonamides is 1. The molecule has 114 valence electrons. The lowest BCUT2D eigenvalue weighted by Crippen LogP contribution is -2.29. The van der Waals surface area contributed by atoms with E-state index >= 15 is 0 Å². The zero-order valence-electron chi connectivity index (χ0n) is 11.5. The van der Waals surface area contributed by atoms with Gasteiger partial charge in [-0.3, -0.25) is 0 Å². The molecule has 0 aromatic heterocycles. The molecule has 0 saturated carbocycles. The fourth-order valence-electron chi connectivity index (χ4n) is 1.68. The standard InChI is InChI=1S/C12H20N2O4S2/c1-3-4-9-19(15,16)14-10(2)11-5-7-12(8-6-11)20(13,17)18/h5-8,10,14H,3-4,9H2,1-2H3,(H2,13,17,18). The Morgan fingerprint density at radius 2 is 1.70 bits per heavy atom. The number of unbranched alkanes of at least 4 members (excludes halogenated alkanes) is 1. The first kappa shape index (κ1) is 17.1. The van der Waals surface area contributed by atoms with Crippen LogP contribution in [-0.4, -0.2) is 22.6 Å². The first-order chi connectivity index (χ1) is 9.15. The van der Waals surface area contributed by atoms with Gasteiger partial charge in [-0.25, -0.2) is 26.7 Å². The highest BCUT2D eigenvalue weighted by Crippen LogP contribution is 2.16. The molecule has 0 amide bonds. The highest BCUT2D eigenvalue weighted by molar-refractivity contribution is 7.89. The van der Waals surface area contributed by atoms with Crippen molar-refractivity contribution < 1.29 is 16.8 Å². The van der Waals surface area contributed by atoms with Gasteiger partial charge in [-0.2, -0.15) is 0 Å². The van der Waals surface area contributed by atoms with Crippen LogP contribution in [0.3, 0.4) is 0 Å². The lowest BCUT2D eigenvalue weighted by Gasteiger charge is -2.14. The molecule has 0 saturated heterocycles. The summed E-state index contributed by atoms with van der Waals surface area (Å²) in [6.45, 7) is 3.63. The second kappa shape index (κ2) is 6.66. The van der Waals surface area contributed by atoms with Crippen LogP contribution in [-0.2, 0) is 20.0 Å². The van der Waals surface area contributed by atoms with E-state index < -0.39 is 26.1 Å². The van der Waals surface area contributed by atoms with Crippen molar-refractivity contribution in [2.75, 3.05) is 5.75 Å². The summed E-state index contributed by atoms with van der Waals surface area (Å²) >= 11 is 0. The molecule has 20 heavy (non-hydrogen) atoms. The van der Waals surface area contributed by atoms with Crippen LogP contribution >= 0.6 is 0 Å².